The van der Waals surface area contributed by atoms with E-state index in [4.69, 9.17) is 13.8 Å². The van der Waals surface area contributed by atoms with E-state index in [1.807, 2.05) is 37.3 Å². The van der Waals surface area contributed by atoms with E-state index < -0.39 is 26.1 Å². The Morgan fingerprint density at radius 2 is 2.12 bits per heavy atom. The summed E-state index contributed by atoms with van der Waals surface area (Å²) in [6.45, 7) is 6.19. The van der Waals surface area contributed by atoms with Gasteiger partial charge in [0.05, 0.1) is 31.5 Å². The Labute approximate surface area is 161 Å². The van der Waals surface area contributed by atoms with Gasteiger partial charge in [-0.2, -0.15) is 0 Å². The van der Waals surface area contributed by atoms with Gasteiger partial charge in [0.25, 0.3) is 7.82 Å². The molecule has 1 aliphatic rings. The van der Waals surface area contributed by atoms with Crippen molar-refractivity contribution in [1.82, 2.24) is 0 Å². The third-order valence-electron chi connectivity index (χ3n) is 3.94. The largest absolute Gasteiger partial charge is 1.00 e. The summed E-state index contributed by atoms with van der Waals surface area (Å²) in [5.74, 6) is -0.122. The minimum Gasteiger partial charge on any atom is -0.756 e. The summed E-state index contributed by atoms with van der Waals surface area (Å²) < 4.78 is 27.4. The topological polar surface area (TPSA) is 88.0 Å². The van der Waals surface area contributed by atoms with Crippen molar-refractivity contribution in [2.75, 3.05) is 6.61 Å². The fraction of sp³-hybridized carbons (Fsp3) is 0.529. The van der Waals surface area contributed by atoms with Crippen LogP contribution in [0, 0.1) is 5.92 Å². The van der Waals surface area contributed by atoms with Crippen molar-refractivity contribution in [2.24, 2.45) is 5.92 Å². The molecule has 1 unspecified atom stereocenters. The predicted molar refractivity (Wildman–Crippen MR) is 88.1 cm³/mol. The van der Waals surface area contributed by atoms with Gasteiger partial charge in [0, 0.05) is 18.8 Å². The first kappa shape index (κ1) is 22.6. The summed E-state index contributed by atoms with van der Waals surface area (Å²) in [7, 11) is -4.36. The Bertz CT molecular complexity index is 570. The molecule has 5 atom stereocenters. The van der Waals surface area contributed by atoms with Crippen molar-refractivity contribution in [3.63, 3.8) is 0 Å². The van der Waals surface area contributed by atoms with Crippen LogP contribution in [0.5, 0.6) is 0 Å². The van der Waals surface area contributed by atoms with Crippen LogP contribution in [0.3, 0.4) is 0 Å². The molecule has 8 heteroatoms. The molecule has 0 aromatic heterocycles. The maximum Gasteiger partial charge on any atom is 1.00 e. The maximum absolute atomic E-state index is 11.8. The minimum atomic E-state index is -4.36. The zero-order valence-corrected chi connectivity index (χ0v) is 15.6. The van der Waals surface area contributed by atoms with E-state index >= 15 is 0 Å². The van der Waals surface area contributed by atoms with Crippen molar-refractivity contribution in [2.45, 2.75) is 44.7 Å². The zero-order chi connectivity index (χ0) is 17.6. The second kappa shape index (κ2) is 10.7. The van der Waals surface area contributed by atoms with Gasteiger partial charge in [-0.05, 0) is 5.56 Å². The van der Waals surface area contributed by atoms with Gasteiger partial charge < -0.3 is 23.8 Å². The molecule has 0 amide bonds. The minimum absolute atomic E-state index is 0. The molecular weight excluding hydrogens is 338 g/mol. The van der Waals surface area contributed by atoms with E-state index in [0.29, 0.717) is 19.6 Å². The van der Waals surface area contributed by atoms with E-state index in [0.717, 1.165) is 5.56 Å². The fourth-order valence-corrected chi connectivity index (χ4v) is 3.82. The normalized spacial score (nSPS) is 28.6. The number of phosphoric acid groups is 1. The van der Waals surface area contributed by atoms with Crippen molar-refractivity contribution >= 4 is 7.82 Å². The van der Waals surface area contributed by atoms with Gasteiger partial charge in [0.15, 0.2) is 0 Å². The van der Waals surface area contributed by atoms with Crippen LogP contribution in [0.25, 0.3) is 0 Å². The van der Waals surface area contributed by atoms with Gasteiger partial charge in [-0.3, -0.25) is 4.57 Å². The summed E-state index contributed by atoms with van der Waals surface area (Å²) in [6, 6.07) is 9.74. The molecule has 1 aromatic rings. The van der Waals surface area contributed by atoms with Crippen LogP contribution in [0.2, 0.25) is 0 Å². The molecule has 1 N–H and O–H groups in total. The standard InChI is InChI=1S/C17H25O6P.Li/c1-3-15(18)9-16-10-17(23-24(19,20)22-16)13(2)11-21-12-14-7-5-4-6-8-14;/h3-8,13,15-18H,1,9-12H2,2H3,(H,19,20);/q;+1/p-1/t13-,15+,16-,17-;/m0./s1. The average Bonchev–Trinajstić information content (AvgIpc) is 2.54. The van der Waals surface area contributed by atoms with E-state index in [-0.39, 0.29) is 31.2 Å². The van der Waals surface area contributed by atoms with Gasteiger partial charge in [-0.15, -0.1) is 6.58 Å². The van der Waals surface area contributed by atoms with E-state index in [2.05, 4.69) is 6.58 Å². The molecule has 2 rings (SSSR count). The molecular formula is C17H24LiO6P. The third kappa shape index (κ3) is 7.78. The molecule has 0 bridgehead atoms. The summed E-state index contributed by atoms with van der Waals surface area (Å²) in [5.41, 5.74) is 1.05. The summed E-state index contributed by atoms with van der Waals surface area (Å²) >= 11 is 0. The predicted octanol–water partition coefficient (Wildman–Crippen LogP) is -0.577. The molecule has 0 radical (unpaired) electrons. The Morgan fingerprint density at radius 3 is 2.76 bits per heavy atom. The first-order valence-corrected chi connectivity index (χ1v) is 9.46. The fourth-order valence-electron chi connectivity index (χ4n) is 2.60. The molecule has 0 saturated carbocycles. The first-order chi connectivity index (χ1) is 11.4. The second-order valence-electron chi connectivity index (χ2n) is 6.07. The zero-order valence-electron chi connectivity index (χ0n) is 14.7. The van der Waals surface area contributed by atoms with Gasteiger partial charge in [0.1, 0.15) is 0 Å². The number of hydrogen-bond acceptors (Lipinski definition) is 6. The molecule has 1 heterocycles. The van der Waals surface area contributed by atoms with Crippen LogP contribution in [0.4, 0.5) is 0 Å². The monoisotopic (exact) mass is 362 g/mol. The van der Waals surface area contributed by atoms with Crippen molar-refractivity contribution in [3.8, 4) is 0 Å². The van der Waals surface area contributed by atoms with Crippen molar-refractivity contribution < 1.29 is 47.2 Å². The van der Waals surface area contributed by atoms with Crippen LogP contribution >= 0.6 is 7.82 Å². The molecule has 1 fully saturated rings. The van der Waals surface area contributed by atoms with Crippen molar-refractivity contribution in [3.05, 3.63) is 48.6 Å². The van der Waals surface area contributed by atoms with Gasteiger partial charge >= 0.3 is 18.9 Å². The molecule has 6 nitrogen and oxygen atoms in total. The van der Waals surface area contributed by atoms with E-state index in [9.17, 15) is 14.6 Å². The molecule has 0 spiro atoms. The second-order valence-corrected chi connectivity index (χ2v) is 7.39. The van der Waals surface area contributed by atoms with Crippen molar-refractivity contribution in [1.29, 1.82) is 0 Å². The SMILES string of the molecule is C=C[C@@H](O)C[C@H]1C[C@@H]([C@@H](C)COCc2ccccc2)OP(=O)([O-])O1.[Li+]. The summed E-state index contributed by atoms with van der Waals surface area (Å²) in [5, 5.41) is 9.62. The van der Waals surface area contributed by atoms with Crippen LogP contribution in [-0.2, 0) is 25.0 Å². The maximum atomic E-state index is 11.8. The van der Waals surface area contributed by atoms with Crippen LogP contribution in [0.1, 0.15) is 25.3 Å². The van der Waals surface area contributed by atoms with Gasteiger partial charge in [-0.1, -0.05) is 43.3 Å². The molecule has 1 saturated heterocycles. The number of aliphatic hydroxyl groups excluding tert-OH is 1. The third-order valence-corrected chi connectivity index (χ3v) is 5.03. The Hall–Kier alpha value is -0.413. The quantitative estimate of drug-likeness (QED) is 0.378. The van der Waals surface area contributed by atoms with Gasteiger partial charge in [-0.25, -0.2) is 0 Å². The number of rotatable bonds is 8. The summed E-state index contributed by atoms with van der Waals surface area (Å²) in [6.07, 6.45) is -0.0363. The first-order valence-electron chi connectivity index (χ1n) is 7.99. The van der Waals surface area contributed by atoms with E-state index in [1.165, 1.54) is 6.08 Å². The molecule has 134 valence electrons. The summed E-state index contributed by atoms with van der Waals surface area (Å²) in [4.78, 5) is 11.8. The smallest absolute Gasteiger partial charge is 0.756 e. The number of aliphatic hydroxyl groups is 1. The molecule has 1 aliphatic heterocycles. The number of benzene rings is 1. The van der Waals surface area contributed by atoms with E-state index in [1.54, 1.807) is 0 Å². The van der Waals surface area contributed by atoms with Crippen LogP contribution in [0.15, 0.2) is 43.0 Å². The molecule has 1 aromatic carbocycles. The Balaban J connectivity index is 0.00000312. The van der Waals surface area contributed by atoms with Crippen LogP contribution in [-0.4, -0.2) is 30.0 Å². The molecule has 0 aliphatic carbocycles. The van der Waals surface area contributed by atoms with Gasteiger partial charge in [0.2, 0.25) is 0 Å². The number of ether oxygens (including phenoxy) is 1. The van der Waals surface area contributed by atoms with Crippen LogP contribution < -0.4 is 23.8 Å². The average molecular weight is 362 g/mol. The Morgan fingerprint density at radius 1 is 1.44 bits per heavy atom. The number of phosphoric ester groups is 1. The molecule has 25 heavy (non-hydrogen) atoms. The number of hydrogen-bond donors (Lipinski definition) is 1. The Kier molecular flexibility index (Phi) is 9.66.